The van der Waals surface area contributed by atoms with E-state index in [2.05, 4.69) is 20.8 Å². The lowest BCUT2D eigenvalue weighted by atomic mass is 9.96. The topological polar surface area (TPSA) is 66.9 Å². The quantitative estimate of drug-likeness (QED) is 0.584. The van der Waals surface area contributed by atoms with E-state index in [9.17, 15) is 9.18 Å². The molecule has 0 bridgehead atoms. The molecular weight excluding hydrogens is 395 g/mol. The van der Waals surface area contributed by atoms with Gasteiger partial charge in [0, 0.05) is 6.04 Å². The Kier molecular flexibility index (Phi) is 7.67. The molecule has 1 heterocycles. The predicted molar refractivity (Wildman–Crippen MR) is 113 cm³/mol. The number of carbonyl (C=O) groups excluding carboxylic acids is 1. The van der Waals surface area contributed by atoms with Gasteiger partial charge in [0.1, 0.15) is 5.82 Å². The van der Waals surface area contributed by atoms with E-state index in [0.717, 1.165) is 15.0 Å². The third kappa shape index (κ3) is 6.17. The van der Waals surface area contributed by atoms with Crippen molar-refractivity contribution in [1.29, 1.82) is 0 Å². The molecule has 1 unspecified atom stereocenters. The van der Waals surface area contributed by atoms with Crippen molar-refractivity contribution in [3.63, 3.8) is 0 Å². The first-order valence-corrected chi connectivity index (χ1v) is 11.6. The summed E-state index contributed by atoms with van der Waals surface area (Å²) in [5, 5.41) is 15.7. The van der Waals surface area contributed by atoms with Crippen LogP contribution in [-0.4, -0.2) is 27.9 Å². The molecule has 1 amide bonds. The van der Waals surface area contributed by atoms with E-state index < -0.39 is 0 Å². The van der Waals surface area contributed by atoms with E-state index in [1.807, 2.05) is 13.8 Å². The molecule has 1 aromatic heterocycles. The van der Waals surface area contributed by atoms with Crippen LogP contribution >= 0.6 is 23.1 Å². The van der Waals surface area contributed by atoms with Gasteiger partial charge in [-0.15, -0.1) is 10.2 Å². The van der Waals surface area contributed by atoms with Crippen molar-refractivity contribution < 1.29 is 9.18 Å². The third-order valence-electron chi connectivity index (χ3n) is 4.88. The molecule has 1 fully saturated rings. The Labute approximate surface area is 173 Å². The normalized spacial score (nSPS) is 16.1. The van der Waals surface area contributed by atoms with Gasteiger partial charge in [0.05, 0.1) is 11.8 Å². The van der Waals surface area contributed by atoms with Crippen molar-refractivity contribution in [2.24, 2.45) is 5.92 Å². The first-order valence-electron chi connectivity index (χ1n) is 9.79. The Hall–Kier alpha value is -1.67. The molecule has 1 aliphatic rings. The van der Waals surface area contributed by atoms with Crippen LogP contribution < -0.4 is 10.6 Å². The van der Waals surface area contributed by atoms with Gasteiger partial charge in [0.15, 0.2) is 4.34 Å². The molecule has 0 aliphatic heterocycles. The number of thioether (sulfide) groups is 1. The smallest absolute Gasteiger partial charge is 0.230 e. The Morgan fingerprint density at radius 2 is 1.93 bits per heavy atom. The number of rotatable bonds is 8. The molecule has 3 rings (SSSR count). The maximum absolute atomic E-state index is 13.2. The number of halogens is 1. The van der Waals surface area contributed by atoms with Gasteiger partial charge < -0.3 is 10.6 Å². The molecule has 1 aliphatic carbocycles. The van der Waals surface area contributed by atoms with Gasteiger partial charge in [-0.3, -0.25) is 4.79 Å². The van der Waals surface area contributed by atoms with Crippen molar-refractivity contribution in [2.45, 2.75) is 62.4 Å². The number of amides is 1. The molecule has 0 radical (unpaired) electrons. The van der Waals surface area contributed by atoms with Crippen molar-refractivity contribution in [2.75, 3.05) is 11.1 Å². The third-order valence-corrected chi connectivity index (χ3v) is 6.87. The molecule has 1 aromatic carbocycles. The summed E-state index contributed by atoms with van der Waals surface area (Å²) in [6.45, 7) is 4.07. The number of nitrogens with one attached hydrogen (secondary N) is 2. The van der Waals surface area contributed by atoms with Crippen LogP contribution in [0.2, 0.25) is 0 Å². The molecule has 1 atom stereocenters. The molecule has 1 saturated carbocycles. The second kappa shape index (κ2) is 10.2. The van der Waals surface area contributed by atoms with Gasteiger partial charge in [0.2, 0.25) is 11.0 Å². The molecule has 2 aromatic rings. The van der Waals surface area contributed by atoms with Crippen molar-refractivity contribution >= 4 is 34.1 Å². The minimum Gasteiger partial charge on any atom is -0.357 e. The lowest BCUT2D eigenvalue weighted by Gasteiger charge is -2.22. The molecule has 152 valence electrons. The number of aromatic nitrogens is 2. The Bertz CT molecular complexity index is 760. The molecule has 8 heteroatoms. The summed E-state index contributed by atoms with van der Waals surface area (Å²) < 4.78 is 14.0. The molecule has 2 N–H and O–H groups in total. The van der Waals surface area contributed by atoms with Gasteiger partial charge >= 0.3 is 0 Å². The predicted octanol–water partition coefficient (Wildman–Crippen LogP) is 5.03. The number of carbonyl (C=O) groups is 1. The monoisotopic (exact) mass is 422 g/mol. The number of anilines is 1. The van der Waals surface area contributed by atoms with Gasteiger partial charge in [-0.1, -0.05) is 68.3 Å². The molecule has 0 saturated heterocycles. The van der Waals surface area contributed by atoms with E-state index >= 15 is 0 Å². The lowest BCUT2D eigenvalue weighted by Crippen LogP contribution is -2.33. The van der Waals surface area contributed by atoms with E-state index in [-0.39, 0.29) is 29.4 Å². The van der Waals surface area contributed by atoms with E-state index in [1.165, 1.54) is 67.3 Å². The number of benzene rings is 1. The summed E-state index contributed by atoms with van der Waals surface area (Å²) in [5.41, 5.74) is 0.907. The standard InChI is InChI=1S/C20H27FN4OS2/c1-13(2)18(14-8-10-15(21)11-9-14)23-17(26)12-27-20-25-24-19(28-20)22-16-6-4-3-5-7-16/h8-11,13,16,18H,3-7,12H2,1-2H3,(H,22,24)(H,23,26). The van der Waals surface area contributed by atoms with Gasteiger partial charge in [-0.25, -0.2) is 4.39 Å². The maximum atomic E-state index is 13.2. The van der Waals surface area contributed by atoms with Crippen LogP contribution in [0.4, 0.5) is 9.52 Å². The van der Waals surface area contributed by atoms with E-state index in [0.29, 0.717) is 6.04 Å². The Morgan fingerprint density at radius 3 is 2.61 bits per heavy atom. The Balaban J connectivity index is 1.49. The lowest BCUT2D eigenvalue weighted by molar-refractivity contribution is -0.119. The zero-order valence-corrected chi connectivity index (χ0v) is 17.9. The second-order valence-electron chi connectivity index (χ2n) is 7.48. The van der Waals surface area contributed by atoms with Crippen LogP contribution in [-0.2, 0) is 4.79 Å². The van der Waals surface area contributed by atoms with Crippen molar-refractivity contribution in [3.8, 4) is 0 Å². The van der Waals surface area contributed by atoms with Crippen LogP contribution in [0.3, 0.4) is 0 Å². The largest absolute Gasteiger partial charge is 0.357 e. The van der Waals surface area contributed by atoms with Gasteiger partial charge in [0.25, 0.3) is 0 Å². The molecular formula is C20H27FN4OS2. The number of hydrogen-bond acceptors (Lipinski definition) is 6. The zero-order valence-electron chi connectivity index (χ0n) is 16.3. The summed E-state index contributed by atoms with van der Waals surface area (Å²) in [5.74, 6) is 0.141. The fraction of sp³-hybridized carbons (Fsp3) is 0.550. The van der Waals surface area contributed by atoms with Gasteiger partial charge in [-0.05, 0) is 36.5 Å². The van der Waals surface area contributed by atoms with Crippen LogP contribution in [0.1, 0.15) is 57.6 Å². The summed E-state index contributed by atoms with van der Waals surface area (Å²) in [7, 11) is 0. The van der Waals surface area contributed by atoms with Crippen LogP contribution in [0.15, 0.2) is 28.6 Å². The molecule has 0 spiro atoms. The SMILES string of the molecule is CC(C)C(NC(=O)CSc1nnc(NC2CCCCC2)s1)c1ccc(F)cc1. The van der Waals surface area contributed by atoms with Crippen LogP contribution in [0.25, 0.3) is 0 Å². The van der Waals surface area contributed by atoms with Gasteiger partial charge in [-0.2, -0.15) is 0 Å². The molecule has 28 heavy (non-hydrogen) atoms. The fourth-order valence-electron chi connectivity index (χ4n) is 3.40. The number of hydrogen-bond donors (Lipinski definition) is 2. The highest BCUT2D eigenvalue weighted by molar-refractivity contribution is 8.01. The van der Waals surface area contributed by atoms with Crippen LogP contribution in [0.5, 0.6) is 0 Å². The summed E-state index contributed by atoms with van der Waals surface area (Å²) in [6, 6.07) is 6.64. The highest BCUT2D eigenvalue weighted by atomic mass is 32.2. The maximum Gasteiger partial charge on any atom is 0.230 e. The zero-order chi connectivity index (χ0) is 19.9. The highest BCUT2D eigenvalue weighted by Crippen LogP contribution is 2.29. The van der Waals surface area contributed by atoms with Crippen LogP contribution in [0, 0.1) is 11.7 Å². The summed E-state index contributed by atoms with van der Waals surface area (Å²) >= 11 is 2.90. The second-order valence-corrected chi connectivity index (χ2v) is 9.68. The fourth-order valence-corrected chi connectivity index (χ4v) is 5.04. The average Bonchev–Trinajstić information content (AvgIpc) is 3.13. The van der Waals surface area contributed by atoms with Crippen molar-refractivity contribution in [3.05, 3.63) is 35.6 Å². The number of nitrogens with zero attached hydrogens (tertiary/aromatic N) is 2. The first kappa shape index (κ1) is 21.0. The van der Waals surface area contributed by atoms with E-state index in [4.69, 9.17) is 0 Å². The first-order chi connectivity index (χ1) is 13.5. The van der Waals surface area contributed by atoms with Crippen molar-refractivity contribution in [1.82, 2.24) is 15.5 Å². The molecule has 5 nitrogen and oxygen atoms in total. The summed E-state index contributed by atoms with van der Waals surface area (Å²) in [4.78, 5) is 12.4. The highest BCUT2D eigenvalue weighted by Gasteiger charge is 2.19. The summed E-state index contributed by atoms with van der Waals surface area (Å²) in [6.07, 6.45) is 6.22. The Morgan fingerprint density at radius 1 is 1.21 bits per heavy atom. The van der Waals surface area contributed by atoms with E-state index in [1.54, 1.807) is 12.1 Å². The minimum atomic E-state index is -0.276. The minimum absolute atomic E-state index is 0.0648. The average molecular weight is 423 g/mol.